The van der Waals surface area contributed by atoms with Crippen LogP contribution < -0.4 is 4.74 Å². The summed E-state index contributed by atoms with van der Waals surface area (Å²) in [6.45, 7) is 0.224. The summed E-state index contributed by atoms with van der Waals surface area (Å²) in [5.41, 5.74) is 0.461. The van der Waals surface area contributed by atoms with E-state index in [1.165, 1.54) is 17.0 Å². The molecule has 5 nitrogen and oxygen atoms in total. The van der Waals surface area contributed by atoms with Crippen molar-refractivity contribution in [3.8, 4) is 11.5 Å². The molecule has 0 bridgehead atoms. The minimum absolute atomic E-state index is 0.0680. The highest BCUT2D eigenvalue weighted by atomic mass is 32.2. The molecule has 1 aliphatic rings. The molecule has 1 heterocycles. The standard InChI is InChI=1S/C22H18FNO4S/c23-17-8-12-20(13-9-17)29(26,27)21-14-24(15-21)22(25)16-6-10-19(11-7-16)28-18-4-2-1-3-5-18/h1-13,21H,14-15H2. The number of benzene rings is 3. The molecule has 0 atom stereocenters. The quantitative estimate of drug-likeness (QED) is 0.597. The summed E-state index contributed by atoms with van der Waals surface area (Å²) in [7, 11) is -3.59. The van der Waals surface area contributed by atoms with Gasteiger partial charge in [0.2, 0.25) is 0 Å². The van der Waals surface area contributed by atoms with Gasteiger partial charge < -0.3 is 9.64 Å². The first kappa shape index (κ1) is 19.1. The lowest BCUT2D eigenvalue weighted by atomic mass is 10.1. The number of ether oxygens (including phenoxy) is 1. The normalized spacial score (nSPS) is 14.3. The third kappa shape index (κ3) is 4.00. The topological polar surface area (TPSA) is 63.7 Å². The van der Waals surface area contributed by atoms with Crippen LogP contribution in [0.3, 0.4) is 0 Å². The van der Waals surface area contributed by atoms with Gasteiger partial charge in [-0.15, -0.1) is 0 Å². The van der Waals surface area contributed by atoms with E-state index in [2.05, 4.69) is 0 Å². The Kier molecular flexibility index (Phi) is 5.07. The number of hydrogen-bond donors (Lipinski definition) is 0. The van der Waals surface area contributed by atoms with E-state index in [1.54, 1.807) is 24.3 Å². The van der Waals surface area contributed by atoms with E-state index in [9.17, 15) is 17.6 Å². The molecule has 7 heteroatoms. The monoisotopic (exact) mass is 411 g/mol. The van der Waals surface area contributed by atoms with Gasteiger partial charge in [-0.05, 0) is 60.7 Å². The molecular weight excluding hydrogens is 393 g/mol. The average molecular weight is 411 g/mol. The number of carbonyl (C=O) groups excluding carboxylic acids is 1. The van der Waals surface area contributed by atoms with Crippen LogP contribution in [0.15, 0.2) is 83.8 Å². The molecule has 148 valence electrons. The van der Waals surface area contributed by atoms with Gasteiger partial charge in [0, 0.05) is 18.7 Å². The largest absolute Gasteiger partial charge is 0.457 e. The van der Waals surface area contributed by atoms with Gasteiger partial charge in [0.05, 0.1) is 4.90 Å². The molecule has 1 amide bonds. The molecule has 3 aromatic carbocycles. The predicted octanol–water partition coefficient (Wildman–Crippen LogP) is 3.92. The fourth-order valence-electron chi connectivity index (χ4n) is 3.09. The van der Waals surface area contributed by atoms with Crippen LogP contribution in [0.5, 0.6) is 11.5 Å². The average Bonchev–Trinajstić information content (AvgIpc) is 2.68. The van der Waals surface area contributed by atoms with E-state index in [4.69, 9.17) is 4.74 Å². The minimum atomic E-state index is -3.59. The molecule has 3 aromatic rings. The Hall–Kier alpha value is -3.19. The Morgan fingerprint density at radius 1 is 0.862 bits per heavy atom. The summed E-state index contributed by atoms with van der Waals surface area (Å²) in [6, 6.07) is 20.8. The number of carbonyl (C=O) groups is 1. The Balaban J connectivity index is 1.38. The van der Waals surface area contributed by atoms with Gasteiger partial charge in [-0.25, -0.2) is 12.8 Å². The van der Waals surface area contributed by atoms with Crippen molar-refractivity contribution in [1.82, 2.24) is 4.90 Å². The number of likely N-dealkylation sites (tertiary alicyclic amines) is 1. The van der Waals surface area contributed by atoms with Crippen LogP contribution in [0.4, 0.5) is 4.39 Å². The van der Waals surface area contributed by atoms with E-state index in [0.717, 1.165) is 12.1 Å². The van der Waals surface area contributed by atoms with Crippen LogP contribution in [0.2, 0.25) is 0 Å². The SMILES string of the molecule is O=C(c1ccc(Oc2ccccc2)cc1)N1CC(S(=O)(=O)c2ccc(F)cc2)C1. The second kappa shape index (κ2) is 7.67. The summed E-state index contributed by atoms with van der Waals surface area (Å²) in [4.78, 5) is 14.1. The Morgan fingerprint density at radius 2 is 1.45 bits per heavy atom. The van der Waals surface area contributed by atoms with Crippen molar-refractivity contribution in [2.24, 2.45) is 0 Å². The van der Waals surface area contributed by atoms with Crippen LogP contribution in [-0.2, 0) is 9.84 Å². The van der Waals surface area contributed by atoms with Crippen molar-refractivity contribution >= 4 is 15.7 Å². The van der Waals surface area contributed by atoms with Gasteiger partial charge in [-0.1, -0.05) is 18.2 Å². The molecule has 0 spiro atoms. The van der Waals surface area contributed by atoms with Crippen molar-refractivity contribution < 1.29 is 22.3 Å². The van der Waals surface area contributed by atoms with Gasteiger partial charge in [-0.3, -0.25) is 4.79 Å². The van der Waals surface area contributed by atoms with Gasteiger partial charge in [0.15, 0.2) is 9.84 Å². The predicted molar refractivity (Wildman–Crippen MR) is 106 cm³/mol. The zero-order valence-corrected chi connectivity index (χ0v) is 16.2. The maximum absolute atomic E-state index is 13.0. The summed E-state index contributed by atoms with van der Waals surface area (Å²) in [5, 5.41) is -0.683. The van der Waals surface area contributed by atoms with Crippen molar-refractivity contribution in [3.05, 3.63) is 90.2 Å². The van der Waals surface area contributed by atoms with Gasteiger partial charge >= 0.3 is 0 Å². The number of nitrogens with zero attached hydrogens (tertiary/aromatic N) is 1. The van der Waals surface area contributed by atoms with Crippen molar-refractivity contribution in [3.63, 3.8) is 0 Å². The molecule has 0 saturated carbocycles. The summed E-state index contributed by atoms with van der Waals surface area (Å²) >= 11 is 0. The smallest absolute Gasteiger partial charge is 0.253 e. The second-order valence-electron chi connectivity index (χ2n) is 6.77. The highest BCUT2D eigenvalue weighted by Gasteiger charge is 2.40. The van der Waals surface area contributed by atoms with Crippen LogP contribution in [0.1, 0.15) is 10.4 Å². The van der Waals surface area contributed by atoms with E-state index in [-0.39, 0.29) is 23.9 Å². The van der Waals surface area contributed by atoms with Crippen LogP contribution >= 0.6 is 0 Å². The van der Waals surface area contributed by atoms with E-state index < -0.39 is 20.9 Å². The molecule has 0 radical (unpaired) electrons. The molecule has 0 N–H and O–H groups in total. The maximum atomic E-state index is 13.0. The number of amides is 1. The fourth-order valence-corrected chi connectivity index (χ4v) is 4.74. The molecule has 0 aliphatic carbocycles. The van der Waals surface area contributed by atoms with Gasteiger partial charge in [0.1, 0.15) is 22.6 Å². The van der Waals surface area contributed by atoms with Gasteiger partial charge in [0.25, 0.3) is 5.91 Å². The third-order valence-corrected chi connectivity index (χ3v) is 6.90. The van der Waals surface area contributed by atoms with Crippen molar-refractivity contribution in [2.75, 3.05) is 13.1 Å². The molecule has 29 heavy (non-hydrogen) atoms. The first-order valence-corrected chi connectivity index (χ1v) is 10.6. The Morgan fingerprint density at radius 3 is 2.07 bits per heavy atom. The van der Waals surface area contributed by atoms with Crippen molar-refractivity contribution in [2.45, 2.75) is 10.1 Å². The Bertz CT molecular complexity index is 1110. The van der Waals surface area contributed by atoms with E-state index in [0.29, 0.717) is 17.1 Å². The molecule has 0 aromatic heterocycles. The molecular formula is C22H18FNO4S. The number of hydrogen-bond acceptors (Lipinski definition) is 4. The zero-order valence-electron chi connectivity index (χ0n) is 15.4. The number of sulfone groups is 1. The maximum Gasteiger partial charge on any atom is 0.253 e. The van der Waals surface area contributed by atoms with E-state index >= 15 is 0 Å². The zero-order chi connectivity index (χ0) is 20.4. The lowest BCUT2D eigenvalue weighted by Crippen LogP contribution is -2.56. The fraction of sp³-hybridized carbons (Fsp3) is 0.136. The number of rotatable bonds is 5. The minimum Gasteiger partial charge on any atom is -0.457 e. The molecule has 1 saturated heterocycles. The highest BCUT2D eigenvalue weighted by Crippen LogP contribution is 2.26. The van der Waals surface area contributed by atoms with Gasteiger partial charge in [-0.2, -0.15) is 0 Å². The summed E-state index contributed by atoms with van der Waals surface area (Å²) < 4.78 is 43.9. The third-order valence-electron chi connectivity index (χ3n) is 4.80. The molecule has 1 fully saturated rings. The van der Waals surface area contributed by atoms with Crippen LogP contribution in [0, 0.1) is 5.82 Å². The second-order valence-corrected chi connectivity index (χ2v) is 9.00. The number of halogens is 1. The van der Waals surface area contributed by atoms with E-state index in [1.807, 2.05) is 30.3 Å². The van der Waals surface area contributed by atoms with Crippen LogP contribution in [0.25, 0.3) is 0 Å². The lowest BCUT2D eigenvalue weighted by molar-refractivity contribution is 0.0659. The molecule has 1 aliphatic heterocycles. The first-order chi connectivity index (χ1) is 13.9. The molecule has 0 unspecified atom stereocenters. The van der Waals surface area contributed by atoms with Crippen molar-refractivity contribution in [1.29, 1.82) is 0 Å². The molecule has 4 rings (SSSR count). The Labute approximate surface area is 168 Å². The summed E-state index contributed by atoms with van der Waals surface area (Å²) in [5.74, 6) is 0.576. The lowest BCUT2D eigenvalue weighted by Gasteiger charge is -2.38. The summed E-state index contributed by atoms with van der Waals surface area (Å²) in [6.07, 6.45) is 0. The van der Waals surface area contributed by atoms with Crippen LogP contribution in [-0.4, -0.2) is 37.6 Å². The highest BCUT2D eigenvalue weighted by molar-refractivity contribution is 7.92. The first-order valence-electron chi connectivity index (χ1n) is 9.05. The number of para-hydroxylation sites is 1.